The Hall–Kier alpha value is -1.40. The smallest absolute Gasteiger partial charge is 0.152 e. The molecule has 3 N–H and O–H groups in total. The minimum atomic E-state index is -2.83. The molecule has 0 saturated carbocycles. The van der Waals surface area contributed by atoms with Crippen LogP contribution in [-0.2, 0) is 16.4 Å². The summed E-state index contributed by atoms with van der Waals surface area (Å²) in [5, 5.41) is 7.39. The van der Waals surface area contributed by atoms with Crippen molar-refractivity contribution in [2.24, 2.45) is 5.73 Å². The second-order valence-corrected chi connectivity index (χ2v) is 6.85. The highest BCUT2D eigenvalue weighted by atomic mass is 32.2. The first-order chi connectivity index (χ1) is 8.46. The molecule has 6 heteroatoms. The van der Waals surface area contributed by atoms with Crippen molar-refractivity contribution in [1.82, 2.24) is 4.90 Å². The maximum absolute atomic E-state index is 11.3. The summed E-state index contributed by atoms with van der Waals surface area (Å²) in [7, 11) is -2.83. The first kappa shape index (κ1) is 13.0. The van der Waals surface area contributed by atoms with Crippen LogP contribution in [0, 0.1) is 5.41 Å². The minimum absolute atomic E-state index is 0.0538. The molecule has 2 rings (SSSR count). The van der Waals surface area contributed by atoms with Crippen LogP contribution in [0.2, 0.25) is 0 Å². The molecule has 5 nitrogen and oxygen atoms in total. The van der Waals surface area contributed by atoms with Crippen LogP contribution in [0.25, 0.3) is 0 Å². The van der Waals surface area contributed by atoms with Crippen molar-refractivity contribution in [2.75, 3.05) is 24.6 Å². The Morgan fingerprint density at radius 1 is 1.33 bits per heavy atom. The lowest BCUT2D eigenvalue weighted by Crippen LogP contribution is -2.39. The van der Waals surface area contributed by atoms with Gasteiger partial charge in [0.1, 0.15) is 5.84 Å². The summed E-state index contributed by atoms with van der Waals surface area (Å²) in [5.74, 6) is 0.525. The van der Waals surface area contributed by atoms with Crippen LogP contribution in [-0.4, -0.2) is 43.7 Å². The van der Waals surface area contributed by atoms with Crippen LogP contribution in [0.3, 0.4) is 0 Å². The predicted octanol–water partition coefficient (Wildman–Crippen LogP) is 0.201. The molecule has 0 aliphatic carbocycles. The summed E-state index contributed by atoms with van der Waals surface area (Å²) in [6, 6.07) is 7.51. The highest BCUT2D eigenvalue weighted by molar-refractivity contribution is 7.91. The number of hydrogen-bond acceptors (Lipinski definition) is 4. The molecule has 0 amide bonds. The first-order valence-corrected chi connectivity index (χ1v) is 7.64. The Balaban J connectivity index is 2.02. The molecule has 1 heterocycles. The molecule has 1 saturated heterocycles. The van der Waals surface area contributed by atoms with E-state index in [2.05, 4.69) is 4.90 Å². The third-order valence-corrected chi connectivity index (χ3v) is 4.69. The van der Waals surface area contributed by atoms with Crippen LogP contribution < -0.4 is 5.73 Å². The summed E-state index contributed by atoms with van der Waals surface area (Å²) in [4.78, 5) is 2.11. The average molecular weight is 267 g/mol. The molecule has 0 spiro atoms. The Morgan fingerprint density at radius 3 is 2.61 bits per heavy atom. The lowest BCUT2D eigenvalue weighted by molar-refractivity contribution is 0.287. The minimum Gasteiger partial charge on any atom is -0.384 e. The summed E-state index contributed by atoms with van der Waals surface area (Å²) in [6.07, 6.45) is 0. The van der Waals surface area contributed by atoms with Crippen LogP contribution in [0.15, 0.2) is 24.3 Å². The van der Waals surface area contributed by atoms with Crippen molar-refractivity contribution in [2.45, 2.75) is 6.54 Å². The molecule has 1 aliphatic heterocycles. The molecular weight excluding hydrogens is 250 g/mol. The molecule has 0 bridgehead atoms. The van der Waals surface area contributed by atoms with Gasteiger partial charge >= 0.3 is 0 Å². The monoisotopic (exact) mass is 267 g/mol. The Kier molecular flexibility index (Phi) is 3.68. The Labute approximate surface area is 107 Å². The number of nitrogens with zero attached hydrogens (tertiary/aromatic N) is 1. The number of nitrogen functional groups attached to an aromatic ring is 1. The van der Waals surface area contributed by atoms with Gasteiger partial charge in [-0.1, -0.05) is 18.2 Å². The fourth-order valence-corrected chi connectivity index (χ4v) is 3.28. The molecule has 1 aliphatic rings. The van der Waals surface area contributed by atoms with Crippen molar-refractivity contribution in [1.29, 1.82) is 5.41 Å². The van der Waals surface area contributed by atoms with Crippen LogP contribution >= 0.6 is 0 Å². The quantitative estimate of drug-likeness (QED) is 0.605. The maximum atomic E-state index is 11.3. The highest BCUT2D eigenvalue weighted by Gasteiger charge is 2.21. The second kappa shape index (κ2) is 5.07. The fraction of sp³-hybridized carbons (Fsp3) is 0.417. The van der Waals surface area contributed by atoms with E-state index < -0.39 is 9.84 Å². The zero-order valence-corrected chi connectivity index (χ0v) is 10.9. The lowest BCUT2D eigenvalue weighted by atomic mass is 10.1. The summed E-state index contributed by atoms with van der Waals surface area (Å²) in [6.45, 7) is 1.86. The predicted molar refractivity (Wildman–Crippen MR) is 71.4 cm³/mol. The molecule has 0 radical (unpaired) electrons. The molecule has 1 fully saturated rings. The normalized spacial score (nSPS) is 19.6. The van der Waals surface area contributed by atoms with Gasteiger partial charge in [0.05, 0.1) is 11.5 Å². The summed E-state index contributed by atoms with van der Waals surface area (Å²) >= 11 is 0. The van der Waals surface area contributed by atoms with Gasteiger partial charge in [-0.25, -0.2) is 8.42 Å². The van der Waals surface area contributed by atoms with Gasteiger partial charge in [0.15, 0.2) is 9.84 Å². The van der Waals surface area contributed by atoms with Gasteiger partial charge in [-0.05, 0) is 11.6 Å². The molecule has 0 aromatic heterocycles. The number of nitrogens with one attached hydrogen (secondary N) is 1. The molecule has 0 unspecified atom stereocenters. The second-order valence-electron chi connectivity index (χ2n) is 4.54. The average Bonchev–Trinajstić information content (AvgIpc) is 2.32. The van der Waals surface area contributed by atoms with E-state index in [0.29, 0.717) is 25.2 Å². The van der Waals surface area contributed by atoms with Crippen LogP contribution in [0.1, 0.15) is 11.1 Å². The molecule has 1 aromatic rings. The number of hydrogen-bond donors (Lipinski definition) is 2. The van der Waals surface area contributed by atoms with E-state index >= 15 is 0 Å². The Bertz CT molecular complexity index is 540. The van der Waals surface area contributed by atoms with Gasteiger partial charge in [0, 0.05) is 25.2 Å². The number of rotatable bonds is 3. The van der Waals surface area contributed by atoms with E-state index in [4.69, 9.17) is 11.1 Å². The van der Waals surface area contributed by atoms with Gasteiger partial charge in [0.2, 0.25) is 0 Å². The number of sulfone groups is 1. The number of nitrogens with two attached hydrogens (primary N) is 1. The van der Waals surface area contributed by atoms with Crippen molar-refractivity contribution in [3.63, 3.8) is 0 Å². The Morgan fingerprint density at radius 2 is 2.00 bits per heavy atom. The van der Waals surface area contributed by atoms with Crippen molar-refractivity contribution in [3.8, 4) is 0 Å². The van der Waals surface area contributed by atoms with Crippen molar-refractivity contribution in [3.05, 3.63) is 35.4 Å². The standard InChI is InChI=1S/C12H17N3O2S/c13-12(14)11-3-1-2-10(8-11)9-15-4-6-18(16,17)7-5-15/h1-3,8H,4-7,9H2,(H3,13,14). The maximum Gasteiger partial charge on any atom is 0.152 e. The molecule has 0 atom stereocenters. The van der Waals surface area contributed by atoms with Crippen molar-refractivity contribution < 1.29 is 8.42 Å². The van der Waals surface area contributed by atoms with Crippen molar-refractivity contribution >= 4 is 15.7 Å². The van der Waals surface area contributed by atoms with Crippen LogP contribution in [0.4, 0.5) is 0 Å². The van der Waals surface area contributed by atoms with Gasteiger partial charge in [-0.2, -0.15) is 0 Å². The zero-order valence-electron chi connectivity index (χ0n) is 10.1. The molecule has 18 heavy (non-hydrogen) atoms. The topological polar surface area (TPSA) is 87.2 Å². The lowest BCUT2D eigenvalue weighted by Gasteiger charge is -2.26. The van der Waals surface area contributed by atoms with E-state index in [1.54, 1.807) is 6.07 Å². The van der Waals surface area contributed by atoms with Crippen LogP contribution in [0.5, 0.6) is 0 Å². The highest BCUT2D eigenvalue weighted by Crippen LogP contribution is 2.11. The molecular formula is C12H17N3O2S. The van der Waals surface area contributed by atoms with Gasteiger partial charge in [-0.15, -0.1) is 0 Å². The largest absolute Gasteiger partial charge is 0.384 e. The fourth-order valence-electron chi connectivity index (χ4n) is 2.00. The van der Waals surface area contributed by atoms with Gasteiger partial charge < -0.3 is 5.73 Å². The molecule has 98 valence electrons. The third-order valence-electron chi connectivity index (χ3n) is 3.08. The first-order valence-electron chi connectivity index (χ1n) is 5.82. The van der Waals surface area contributed by atoms with Gasteiger partial charge in [-0.3, -0.25) is 10.3 Å². The SMILES string of the molecule is N=C(N)c1cccc(CN2CCS(=O)(=O)CC2)c1. The summed E-state index contributed by atoms with van der Waals surface area (Å²) in [5.41, 5.74) is 7.20. The molecule has 1 aromatic carbocycles. The van der Waals surface area contributed by atoms with E-state index in [0.717, 1.165) is 5.56 Å². The van der Waals surface area contributed by atoms with E-state index in [1.807, 2.05) is 18.2 Å². The van der Waals surface area contributed by atoms with E-state index in [-0.39, 0.29) is 17.3 Å². The number of amidine groups is 1. The zero-order chi connectivity index (χ0) is 13.2. The van der Waals surface area contributed by atoms with E-state index in [9.17, 15) is 8.42 Å². The summed E-state index contributed by atoms with van der Waals surface area (Å²) < 4.78 is 22.6. The van der Waals surface area contributed by atoms with E-state index in [1.165, 1.54) is 0 Å². The number of benzene rings is 1. The third kappa shape index (κ3) is 3.30. The van der Waals surface area contributed by atoms with Gasteiger partial charge in [0.25, 0.3) is 0 Å².